The summed E-state index contributed by atoms with van der Waals surface area (Å²) in [4.78, 5) is 41.0. The van der Waals surface area contributed by atoms with Gasteiger partial charge in [0.25, 0.3) is 11.3 Å². The van der Waals surface area contributed by atoms with Gasteiger partial charge in [0.05, 0.1) is 5.75 Å². The van der Waals surface area contributed by atoms with Crippen molar-refractivity contribution in [2.24, 2.45) is 0 Å². The summed E-state index contributed by atoms with van der Waals surface area (Å²) in [6, 6.07) is 1.77. The molecule has 0 saturated carbocycles. The number of fused-ring (bicyclic) bond motifs is 2. The van der Waals surface area contributed by atoms with Crippen molar-refractivity contribution in [3.8, 4) is 0 Å². The number of hydrogen-bond donors (Lipinski definition) is 2. The largest absolute Gasteiger partial charge is 0.327 e. The SMILES string of the molecule is CCn1c(CSc2nc3ncccn3n2)nc2[nH]c(=O)[nH]c(=O)c21. The topological polar surface area (TPSA) is 127 Å². The molecule has 2 N–H and O–H groups in total. The van der Waals surface area contributed by atoms with Gasteiger partial charge in [-0.1, -0.05) is 11.8 Å². The summed E-state index contributed by atoms with van der Waals surface area (Å²) >= 11 is 1.38. The monoisotopic (exact) mass is 344 g/mol. The Kier molecular flexibility index (Phi) is 3.41. The van der Waals surface area contributed by atoms with E-state index in [9.17, 15) is 9.59 Å². The summed E-state index contributed by atoms with van der Waals surface area (Å²) in [6.07, 6.45) is 3.42. The van der Waals surface area contributed by atoms with Crippen LogP contribution < -0.4 is 11.2 Å². The number of nitrogens with zero attached hydrogens (tertiary/aromatic N) is 6. The fourth-order valence-corrected chi connectivity index (χ4v) is 3.24. The number of aromatic nitrogens is 8. The second kappa shape index (κ2) is 5.60. The van der Waals surface area contributed by atoms with E-state index in [-0.39, 0.29) is 5.65 Å². The van der Waals surface area contributed by atoms with E-state index in [2.05, 4.69) is 30.0 Å². The first-order valence-corrected chi connectivity index (χ1v) is 8.16. The first-order chi connectivity index (χ1) is 11.7. The Labute approximate surface area is 138 Å². The van der Waals surface area contributed by atoms with Crippen LogP contribution in [0, 0.1) is 0 Å². The Morgan fingerprint density at radius 3 is 2.92 bits per heavy atom. The van der Waals surface area contributed by atoms with Gasteiger partial charge in [-0.05, 0) is 13.0 Å². The third-order valence-corrected chi connectivity index (χ3v) is 4.30. The van der Waals surface area contributed by atoms with Gasteiger partial charge in [-0.2, -0.15) is 4.98 Å². The number of aromatic amines is 2. The molecule has 0 radical (unpaired) electrons. The Hall–Kier alpha value is -2.95. The van der Waals surface area contributed by atoms with Gasteiger partial charge in [0, 0.05) is 18.9 Å². The zero-order valence-electron chi connectivity index (χ0n) is 12.6. The number of imidazole rings is 1. The van der Waals surface area contributed by atoms with Crippen molar-refractivity contribution in [2.75, 3.05) is 0 Å². The summed E-state index contributed by atoms with van der Waals surface area (Å²) in [5, 5.41) is 4.87. The Bertz CT molecular complexity index is 1120. The Morgan fingerprint density at radius 2 is 2.12 bits per heavy atom. The van der Waals surface area contributed by atoms with Crippen LogP contribution >= 0.6 is 11.8 Å². The van der Waals surface area contributed by atoms with E-state index < -0.39 is 11.2 Å². The van der Waals surface area contributed by atoms with Crippen molar-refractivity contribution in [2.45, 2.75) is 24.4 Å². The predicted octanol–water partition coefficient (Wildman–Crippen LogP) is 0.163. The van der Waals surface area contributed by atoms with Crippen molar-refractivity contribution in [1.82, 2.24) is 39.1 Å². The van der Waals surface area contributed by atoms with Gasteiger partial charge in [0.15, 0.2) is 11.2 Å². The molecule has 0 spiro atoms. The van der Waals surface area contributed by atoms with Crippen LogP contribution in [0.25, 0.3) is 16.9 Å². The van der Waals surface area contributed by atoms with Gasteiger partial charge < -0.3 is 4.57 Å². The number of aryl methyl sites for hydroxylation is 1. The normalized spacial score (nSPS) is 11.5. The van der Waals surface area contributed by atoms with Crippen molar-refractivity contribution >= 4 is 28.7 Å². The summed E-state index contributed by atoms with van der Waals surface area (Å²) in [6.45, 7) is 2.47. The average Bonchev–Trinajstić information content (AvgIpc) is 3.12. The van der Waals surface area contributed by atoms with Crippen LogP contribution in [0.4, 0.5) is 0 Å². The molecule has 4 heterocycles. The third kappa shape index (κ3) is 2.38. The second-order valence-corrected chi connectivity index (χ2v) is 5.87. The van der Waals surface area contributed by atoms with Gasteiger partial charge in [0.1, 0.15) is 5.82 Å². The van der Waals surface area contributed by atoms with Gasteiger partial charge >= 0.3 is 5.69 Å². The molecule has 0 aliphatic carbocycles. The van der Waals surface area contributed by atoms with Gasteiger partial charge in [-0.3, -0.25) is 14.8 Å². The Morgan fingerprint density at radius 1 is 1.25 bits per heavy atom. The summed E-state index contributed by atoms with van der Waals surface area (Å²) in [5.74, 6) is 1.64. The lowest BCUT2D eigenvalue weighted by Gasteiger charge is -2.03. The molecule has 0 aliphatic heterocycles. The fraction of sp³-hybridized carbons (Fsp3) is 0.231. The molecule has 24 heavy (non-hydrogen) atoms. The van der Waals surface area contributed by atoms with E-state index in [1.165, 1.54) is 11.8 Å². The minimum absolute atomic E-state index is 0.283. The summed E-state index contributed by atoms with van der Waals surface area (Å²) < 4.78 is 3.36. The van der Waals surface area contributed by atoms with Crippen LogP contribution in [0.1, 0.15) is 12.7 Å². The quantitative estimate of drug-likeness (QED) is 0.505. The highest BCUT2D eigenvalue weighted by molar-refractivity contribution is 7.98. The standard InChI is InChI=1S/C13H12N8O2S/c1-2-20-7(15-9-8(20)10(22)17-12(23)16-9)6-24-13-18-11-14-4-3-5-21(11)19-13/h3-5H,2,6H2,1H3,(H2,16,17,22,23). The lowest BCUT2D eigenvalue weighted by molar-refractivity contribution is 0.744. The molecule has 0 amide bonds. The van der Waals surface area contributed by atoms with Crippen LogP contribution in [-0.4, -0.2) is 39.1 Å². The zero-order valence-corrected chi connectivity index (χ0v) is 13.4. The average molecular weight is 344 g/mol. The Balaban J connectivity index is 1.70. The van der Waals surface area contributed by atoms with Gasteiger partial charge in [0.2, 0.25) is 5.16 Å². The second-order valence-electron chi connectivity index (χ2n) is 4.93. The van der Waals surface area contributed by atoms with Crippen LogP contribution in [0.3, 0.4) is 0 Å². The van der Waals surface area contributed by atoms with Gasteiger partial charge in [-0.15, -0.1) is 5.10 Å². The highest BCUT2D eigenvalue weighted by Crippen LogP contribution is 2.21. The molecular weight excluding hydrogens is 332 g/mol. The fourth-order valence-electron chi connectivity index (χ4n) is 2.47. The molecule has 4 aromatic rings. The predicted molar refractivity (Wildman–Crippen MR) is 87.0 cm³/mol. The number of rotatable bonds is 4. The lowest BCUT2D eigenvalue weighted by Crippen LogP contribution is -2.23. The van der Waals surface area contributed by atoms with Crippen molar-refractivity contribution < 1.29 is 0 Å². The molecule has 0 aliphatic rings. The maximum atomic E-state index is 12.0. The molecule has 122 valence electrons. The summed E-state index contributed by atoms with van der Waals surface area (Å²) in [5.41, 5.74) is -0.377. The van der Waals surface area contributed by atoms with Crippen molar-refractivity contribution in [3.05, 3.63) is 45.1 Å². The highest BCUT2D eigenvalue weighted by atomic mass is 32.2. The van der Waals surface area contributed by atoms with E-state index in [1.807, 2.05) is 6.92 Å². The molecule has 0 atom stereocenters. The minimum atomic E-state index is -0.569. The van der Waals surface area contributed by atoms with E-state index in [4.69, 9.17) is 0 Å². The number of thioether (sulfide) groups is 1. The third-order valence-electron chi connectivity index (χ3n) is 3.46. The first-order valence-electron chi connectivity index (χ1n) is 7.17. The van der Waals surface area contributed by atoms with Crippen molar-refractivity contribution in [1.29, 1.82) is 0 Å². The van der Waals surface area contributed by atoms with Crippen molar-refractivity contribution in [3.63, 3.8) is 0 Å². The van der Waals surface area contributed by atoms with E-state index >= 15 is 0 Å². The maximum Gasteiger partial charge on any atom is 0.327 e. The molecule has 11 heteroatoms. The van der Waals surface area contributed by atoms with Gasteiger partial charge in [-0.25, -0.2) is 19.3 Å². The van der Waals surface area contributed by atoms with Crippen LogP contribution in [-0.2, 0) is 12.3 Å². The molecular formula is C13H12N8O2S. The molecule has 4 rings (SSSR count). The lowest BCUT2D eigenvalue weighted by atomic mass is 10.5. The minimum Gasteiger partial charge on any atom is -0.322 e. The highest BCUT2D eigenvalue weighted by Gasteiger charge is 2.15. The molecule has 0 saturated heterocycles. The molecule has 4 aromatic heterocycles. The smallest absolute Gasteiger partial charge is 0.322 e. The molecule has 0 aromatic carbocycles. The van der Waals surface area contributed by atoms with E-state index in [0.717, 1.165) is 0 Å². The maximum absolute atomic E-state index is 12.0. The first kappa shape index (κ1) is 14.6. The zero-order chi connectivity index (χ0) is 16.7. The van der Waals surface area contributed by atoms with Crippen LogP contribution in [0.2, 0.25) is 0 Å². The molecule has 0 bridgehead atoms. The summed E-state index contributed by atoms with van der Waals surface area (Å²) in [7, 11) is 0. The van der Waals surface area contributed by atoms with Crippen LogP contribution in [0.15, 0.2) is 33.2 Å². The molecule has 0 unspecified atom stereocenters. The molecule has 0 fully saturated rings. The number of hydrogen-bond acceptors (Lipinski definition) is 7. The number of H-pyrrole nitrogens is 2. The molecule has 10 nitrogen and oxygen atoms in total. The van der Waals surface area contributed by atoms with Crippen LogP contribution in [0.5, 0.6) is 0 Å². The number of nitrogens with one attached hydrogen (secondary N) is 2. The van der Waals surface area contributed by atoms with E-state index in [1.54, 1.807) is 27.5 Å². The van der Waals surface area contributed by atoms with E-state index in [0.29, 0.717) is 34.6 Å².